The highest BCUT2D eigenvalue weighted by Gasteiger charge is 2.25. The number of aromatic nitrogens is 4. The number of nitrogens with zero attached hydrogens (tertiary/aromatic N) is 4. The topological polar surface area (TPSA) is 295 Å². The summed E-state index contributed by atoms with van der Waals surface area (Å²) in [7, 11) is 0. The minimum atomic E-state index is -0.736. The molecule has 2 aromatic heterocycles. The van der Waals surface area contributed by atoms with Gasteiger partial charge < -0.3 is 42.4 Å². The molecule has 0 bridgehead atoms. The number of ether oxygens (including phenoxy) is 1. The minimum absolute atomic E-state index is 0.0120. The first-order valence-electron chi connectivity index (χ1n) is 21.0. The van der Waals surface area contributed by atoms with Gasteiger partial charge in [-0.2, -0.15) is 0 Å². The largest absolute Gasteiger partial charge is 0.508 e. The zero-order valence-corrected chi connectivity index (χ0v) is 35.9. The van der Waals surface area contributed by atoms with Crippen LogP contribution in [0.1, 0.15) is 49.3 Å². The Bertz CT molecular complexity index is 2850. The summed E-state index contributed by atoms with van der Waals surface area (Å²) >= 11 is 0. The van der Waals surface area contributed by atoms with E-state index in [2.05, 4.69) is 31.2 Å². The average Bonchev–Trinajstić information content (AvgIpc) is 4.23. The molecule has 2 aliphatic carbocycles. The zero-order chi connectivity index (χ0) is 46.9. The number of ketones is 1. The summed E-state index contributed by atoms with van der Waals surface area (Å²) in [6.45, 7) is 1.32. The van der Waals surface area contributed by atoms with Crippen LogP contribution < -0.4 is 43.9 Å². The number of phenolic OH excluding ortho intramolecular Hbond substituents is 2. The Morgan fingerprint density at radius 1 is 0.727 bits per heavy atom. The molecule has 2 aliphatic rings. The van der Waals surface area contributed by atoms with Crippen LogP contribution in [0.2, 0.25) is 0 Å². The lowest BCUT2D eigenvalue weighted by atomic mass is 10.1. The molecule has 4 aromatic carbocycles. The summed E-state index contributed by atoms with van der Waals surface area (Å²) in [5.74, 6) is -0.379. The number of carbonyl (C=O) groups excluding carboxylic acids is 3. The fourth-order valence-corrected chi connectivity index (χ4v) is 6.70. The number of hydrogen-bond donors (Lipinski definition) is 9. The van der Waals surface area contributed by atoms with Crippen molar-refractivity contribution in [3.8, 4) is 34.0 Å². The van der Waals surface area contributed by atoms with Crippen molar-refractivity contribution in [3.05, 3.63) is 141 Å². The second kappa shape index (κ2) is 20.4. The number of carbonyl (C=O) groups is 3. The van der Waals surface area contributed by atoms with Crippen molar-refractivity contribution >= 4 is 46.6 Å². The highest BCUT2D eigenvalue weighted by Crippen LogP contribution is 2.29. The van der Waals surface area contributed by atoms with Gasteiger partial charge in [0.15, 0.2) is 11.6 Å². The predicted octanol–water partition coefficient (Wildman–Crippen LogP) is 4.70. The van der Waals surface area contributed by atoms with Gasteiger partial charge in [-0.3, -0.25) is 39.0 Å². The van der Waals surface area contributed by atoms with E-state index in [1.807, 2.05) is 30.3 Å². The highest BCUT2D eigenvalue weighted by molar-refractivity contribution is 6.04. The second-order valence-corrected chi connectivity index (χ2v) is 16.0. The van der Waals surface area contributed by atoms with Gasteiger partial charge in [-0.1, -0.05) is 54.6 Å². The van der Waals surface area contributed by atoms with Crippen LogP contribution in [0.3, 0.4) is 0 Å². The van der Waals surface area contributed by atoms with Crippen LogP contribution in [0, 0.1) is 5.41 Å². The van der Waals surface area contributed by atoms with Gasteiger partial charge in [-0.25, -0.2) is 14.8 Å². The second-order valence-electron chi connectivity index (χ2n) is 16.0. The molecule has 2 amide bonds. The zero-order valence-electron chi connectivity index (χ0n) is 35.9. The molecule has 19 heteroatoms. The minimum Gasteiger partial charge on any atom is -0.508 e. The standard InChI is InChI=1S/C31H31N7O5.C16H18N4O3/c32-23-12-22(13-25(39)14-23)26-16-35-29(36-24-10-11-24)30(41)38(26)17-27(40)34-15-19-6-8-21(9-7-19)28(33)37-31(42)43-18-20-4-2-1-3-5-20;1-9(21)8-20-14(10-4-11(17)6-13(22)5-10)7-18-15(16(20)23)19-12-2-3-12/h1-9,12-14,16,24,39H,10-11,15,17-18,32H2,(H,34,40)(H,35,36)(H2,33,37,42);4-7,12,22H,2-3,8,17H2,1H3,(H,18,19). The van der Waals surface area contributed by atoms with E-state index in [4.69, 9.17) is 21.6 Å². The number of phenols is 2. The maximum absolute atomic E-state index is 13.3. The van der Waals surface area contributed by atoms with Crippen LogP contribution in [-0.4, -0.2) is 65.0 Å². The van der Waals surface area contributed by atoms with Gasteiger partial charge in [0.25, 0.3) is 11.1 Å². The summed E-state index contributed by atoms with van der Waals surface area (Å²) in [5, 5.41) is 39.3. The van der Waals surface area contributed by atoms with Gasteiger partial charge in [0.05, 0.1) is 30.3 Å². The Morgan fingerprint density at radius 2 is 1.24 bits per heavy atom. The Kier molecular flexibility index (Phi) is 14.0. The van der Waals surface area contributed by atoms with E-state index >= 15 is 0 Å². The number of nitrogens with two attached hydrogens (primary N) is 2. The van der Waals surface area contributed by atoms with Crippen molar-refractivity contribution in [2.24, 2.45) is 0 Å². The van der Waals surface area contributed by atoms with Gasteiger partial charge in [-0.05, 0) is 68.0 Å². The molecule has 66 heavy (non-hydrogen) atoms. The van der Waals surface area contributed by atoms with Gasteiger partial charge in [-0.15, -0.1) is 0 Å². The molecule has 0 unspecified atom stereocenters. The Labute approximate surface area is 378 Å². The number of amidine groups is 1. The molecule has 0 spiro atoms. The first kappa shape index (κ1) is 45.5. The fraction of sp³-hybridized carbons (Fsp3) is 0.234. The predicted molar refractivity (Wildman–Crippen MR) is 249 cm³/mol. The molecule has 0 atom stereocenters. The van der Waals surface area contributed by atoms with Crippen LogP contribution >= 0.6 is 0 Å². The molecule has 0 aliphatic heterocycles. The summed E-state index contributed by atoms with van der Waals surface area (Å²) in [6, 6.07) is 25.4. The lowest BCUT2D eigenvalue weighted by Gasteiger charge is -2.15. The first-order chi connectivity index (χ1) is 31.7. The molecular weight excluding hydrogens is 847 g/mol. The number of benzene rings is 4. The molecule has 2 heterocycles. The summed E-state index contributed by atoms with van der Waals surface area (Å²) in [4.78, 5) is 71.0. The number of Topliss-reactive ketones (excluding diaryl/α,β-unsaturated/α-hetero) is 1. The fourth-order valence-electron chi connectivity index (χ4n) is 6.70. The number of rotatable bonds is 15. The number of alkyl carbamates (subject to hydrolysis) is 1. The van der Waals surface area contributed by atoms with E-state index in [1.54, 1.807) is 36.4 Å². The van der Waals surface area contributed by atoms with Crippen molar-refractivity contribution in [2.45, 2.75) is 70.9 Å². The van der Waals surface area contributed by atoms with Crippen molar-refractivity contribution < 1.29 is 29.3 Å². The summed E-state index contributed by atoms with van der Waals surface area (Å²) in [5.41, 5.74) is 15.3. The Hall–Kier alpha value is -8.48. The SMILES string of the molecule is CC(=O)Cn1c(-c2cc(N)cc(O)c2)cnc(NC2CC2)c1=O.N=C(NC(=O)OCc1ccccc1)c1ccc(CNC(=O)Cn2c(-c3cc(N)cc(O)c3)cnc(NC3CC3)c2=O)cc1. The third-order valence-corrected chi connectivity index (χ3v) is 10.3. The third kappa shape index (κ3) is 12.4. The molecule has 6 aromatic rings. The lowest BCUT2D eigenvalue weighted by molar-refractivity contribution is -0.122. The number of anilines is 4. The number of nitrogen functional groups attached to an aromatic ring is 2. The number of aromatic hydroxyl groups is 2. The molecule has 19 nitrogen and oxygen atoms in total. The van der Waals surface area contributed by atoms with Gasteiger partial charge in [0.2, 0.25) is 5.91 Å². The van der Waals surface area contributed by atoms with Gasteiger partial charge in [0, 0.05) is 58.8 Å². The molecule has 2 fully saturated rings. The monoisotopic (exact) mass is 895 g/mol. The van der Waals surface area contributed by atoms with E-state index in [0.717, 1.165) is 36.8 Å². The normalized spacial score (nSPS) is 12.8. The maximum atomic E-state index is 13.3. The van der Waals surface area contributed by atoms with Crippen molar-refractivity contribution in [1.29, 1.82) is 5.41 Å². The maximum Gasteiger partial charge on any atom is 0.413 e. The molecule has 340 valence electrons. The summed E-state index contributed by atoms with van der Waals surface area (Å²) < 4.78 is 7.81. The molecule has 0 radical (unpaired) electrons. The van der Waals surface area contributed by atoms with Crippen LogP contribution in [0.15, 0.2) is 113 Å². The van der Waals surface area contributed by atoms with Crippen LogP contribution in [0.4, 0.5) is 27.8 Å². The van der Waals surface area contributed by atoms with Crippen LogP contribution in [0.25, 0.3) is 22.5 Å². The van der Waals surface area contributed by atoms with Gasteiger partial charge >= 0.3 is 6.09 Å². The van der Waals surface area contributed by atoms with E-state index in [9.17, 15) is 34.2 Å². The number of amides is 2. The van der Waals surface area contributed by atoms with Crippen molar-refractivity contribution in [2.75, 3.05) is 22.1 Å². The molecule has 2 saturated carbocycles. The third-order valence-electron chi connectivity index (χ3n) is 10.3. The van der Waals surface area contributed by atoms with Crippen molar-refractivity contribution in [1.82, 2.24) is 29.7 Å². The Morgan fingerprint density at radius 3 is 1.73 bits per heavy atom. The molecule has 11 N–H and O–H groups in total. The van der Waals surface area contributed by atoms with E-state index in [-0.39, 0.29) is 78.6 Å². The van der Waals surface area contributed by atoms with Gasteiger partial charge in [0.1, 0.15) is 36.3 Å². The molecular formula is C47H49N11O8. The Balaban J connectivity index is 0.000000236. The van der Waals surface area contributed by atoms with Crippen molar-refractivity contribution in [3.63, 3.8) is 0 Å². The quantitative estimate of drug-likeness (QED) is 0.0384. The van der Waals surface area contributed by atoms with E-state index in [0.29, 0.717) is 39.5 Å². The molecule has 8 rings (SSSR count). The average molecular weight is 896 g/mol. The first-order valence-corrected chi connectivity index (χ1v) is 21.0. The van der Waals surface area contributed by atoms with Crippen LogP contribution in [-0.2, 0) is 40.6 Å². The molecule has 0 saturated heterocycles. The smallest absolute Gasteiger partial charge is 0.413 e. The van der Waals surface area contributed by atoms with E-state index in [1.165, 1.54) is 52.7 Å². The highest BCUT2D eigenvalue weighted by atomic mass is 16.5. The van der Waals surface area contributed by atoms with Crippen LogP contribution in [0.5, 0.6) is 11.5 Å². The number of hydrogen-bond acceptors (Lipinski definition) is 15. The summed E-state index contributed by atoms with van der Waals surface area (Å²) in [6.07, 6.45) is 6.17. The van der Waals surface area contributed by atoms with E-state index < -0.39 is 17.6 Å². The number of nitrogens with one attached hydrogen (secondary N) is 5. The lowest BCUT2D eigenvalue weighted by Crippen LogP contribution is -2.34.